The Morgan fingerprint density at radius 1 is 0.529 bits per heavy atom. The minimum Gasteiger partial charge on any atom is -0.506 e. The van der Waals surface area contributed by atoms with Crippen LogP contribution >= 0.6 is 0 Å². The zero-order chi connectivity index (χ0) is 24.0. The van der Waals surface area contributed by atoms with Gasteiger partial charge in [-0.25, -0.2) is 0 Å². The van der Waals surface area contributed by atoms with E-state index < -0.39 is 35.2 Å². The van der Waals surface area contributed by atoms with E-state index in [9.17, 15) is 29.4 Å². The lowest BCUT2D eigenvalue weighted by molar-refractivity contribution is 0.0879. The number of nitrogens with zero attached hydrogens (tertiary/aromatic N) is 4. The summed E-state index contributed by atoms with van der Waals surface area (Å²) in [4.78, 5) is 51.3. The number of hydrogen-bond acceptors (Lipinski definition) is 10. The van der Waals surface area contributed by atoms with Gasteiger partial charge in [0.15, 0.2) is 35.2 Å². The number of rotatable bonds is 4. The van der Waals surface area contributed by atoms with Crippen molar-refractivity contribution in [2.75, 3.05) is 0 Å². The molecule has 5 rings (SSSR count). The SMILES string of the molecule is O=C1c2cc3c(cc2C(=O)C1N=Nc1ccccc1O)C(=O)C(N=Nc1ccccc1O)C3=O. The van der Waals surface area contributed by atoms with Crippen LogP contribution in [0.25, 0.3) is 0 Å². The Bertz CT molecular complexity index is 1310. The van der Waals surface area contributed by atoms with Crippen molar-refractivity contribution in [2.45, 2.75) is 12.1 Å². The summed E-state index contributed by atoms with van der Waals surface area (Å²) >= 11 is 0. The molecule has 0 spiro atoms. The van der Waals surface area contributed by atoms with Crippen LogP contribution < -0.4 is 0 Å². The van der Waals surface area contributed by atoms with Crippen molar-refractivity contribution in [3.05, 3.63) is 82.9 Å². The van der Waals surface area contributed by atoms with E-state index in [0.29, 0.717) is 0 Å². The highest BCUT2D eigenvalue weighted by Crippen LogP contribution is 2.35. The number of para-hydroxylation sites is 2. The Labute approximate surface area is 191 Å². The minimum absolute atomic E-state index is 0.0376. The van der Waals surface area contributed by atoms with Crippen molar-refractivity contribution in [3.63, 3.8) is 0 Å². The van der Waals surface area contributed by atoms with E-state index in [1.54, 1.807) is 24.3 Å². The molecule has 0 aliphatic heterocycles. The largest absolute Gasteiger partial charge is 0.506 e. The molecule has 2 aliphatic carbocycles. The summed E-state index contributed by atoms with van der Waals surface area (Å²) in [5.41, 5.74) is 0.0248. The third-order valence-corrected chi connectivity index (χ3v) is 5.54. The molecule has 2 N–H and O–H groups in total. The first-order valence-electron chi connectivity index (χ1n) is 10.1. The van der Waals surface area contributed by atoms with E-state index in [2.05, 4.69) is 20.5 Å². The summed E-state index contributed by atoms with van der Waals surface area (Å²) in [5.74, 6) is -2.99. The van der Waals surface area contributed by atoms with Crippen molar-refractivity contribution in [1.82, 2.24) is 0 Å². The van der Waals surface area contributed by atoms with Gasteiger partial charge in [-0.3, -0.25) is 19.2 Å². The highest BCUT2D eigenvalue weighted by molar-refractivity contribution is 6.34. The summed E-state index contributed by atoms with van der Waals surface area (Å²) in [6, 6.07) is 11.5. The van der Waals surface area contributed by atoms with E-state index in [0.717, 1.165) is 0 Å². The smallest absolute Gasteiger partial charge is 0.197 e. The van der Waals surface area contributed by atoms with Crippen molar-refractivity contribution in [2.24, 2.45) is 20.5 Å². The first-order chi connectivity index (χ1) is 16.4. The zero-order valence-electron chi connectivity index (χ0n) is 17.2. The van der Waals surface area contributed by atoms with Crippen LogP contribution in [0.15, 0.2) is 81.1 Å². The van der Waals surface area contributed by atoms with Gasteiger partial charge in [-0.05, 0) is 36.4 Å². The molecule has 10 heteroatoms. The molecule has 0 saturated carbocycles. The van der Waals surface area contributed by atoms with Crippen LogP contribution in [0.2, 0.25) is 0 Å². The number of Topliss-reactive ketones (excluding diaryl/α,β-unsaturated/α-hetero) is 4. The molecule has 0 unspecified atom stereocenters. The molecule has 166 valence electrons. The van der Waals surface area contributed by atoms with Gasteiger partial charge in [0.2, 0.25) is 0 Å². The quantitative estimate of drug-likeness (QED) is 0.445. The molecule has 10 nitrogen and oxygen atoms in total. The standard InChI is InChI=1S/C24H14N4O6/c29-17-7-3-1-5-15(17)25-27-19-21(31)11-9-13-14(10-12(11)22(19)32)24(34)20(23(13)33)28-26-16-6-2-4-8-18(16)30/h1-10,19-20,29-30H. The number of benzene rings is 3. The highest BCUT2D eigenvalue weighted by Gasteiger charge is 2.45. The van der Waals surface area contributed by atoms with E-state index in [1.165, 1.54) is 36.4 Å². The van der Waals surface area contributed by atoms with Gasteiger partial charge in [0.05, 0.1) is 0 Å². The summed E-state index contributed by atoms with van der Waals surface area (Å²) < 4.78 is 0. The Morgan fingerprint density at radius 3 is 1.18 bits per heavy atom. The maximum Gasteiger partial charge on any atom is 0.197 e. The summed E-state index contributed by atoms with van der Waals surface area (Å²) in [6.45, 7) is 0. The number of fused-ring (bicyclic) bond motifs is 2. The van der Waals surface area contributed by atoms with Crippen LogP contribution in [0.5, 0.6) is 11.5 Å². The van der Waals surface area contributed by atoms with Gasteiger partial charge in [0.1, 0.15) is 22.9 Å². The van der Waals surface area contributed by atoms with Gasteiger partial charge in [-0.1, -0.05) is 24.3 Å². The third kappa shape index (κ3) is 3.28. The first-order valence-corrected chi connectivity index (χ1v) is 10.1. The van der Waals surface area contributed by atoms with Crippen molar-refractivity contribution in [1.29, 1.82) is 0 Å². The first kappa shape index (κ1) is 21.0. The van der Waals surface area contributed by atoms with Gasteiger partial charge in [0, 0.05) is 22.3 Å². The molecule has 0 radical (unpaired) electrons. The third-order valence-electron chi connectivity index (χ3n) is 5.54. The molecule has 0 bridgehead atoms. The van der Waals surface area contributed by atoms with Crippen LogP contribution in [0.1, 0.15) is 41.4 Å². The molecule has 0 atom stereocenters. The lowest BCUT2D eigenvalue weighted by atomic mass is 10.0. The molecular formula is C24H14N4O6. The van der Waals surface area contributed by atoms with Gasteiger partial charge in [-0.2, -0.15) is 20.5 Å². The fraction of sp³-hybridized carbons (Fsp3) is 0.0833. The topological polar surface area (TPSA) is 158 Å². The summed E-state index contributed by atoms with van der Waals surface area (Å²) in [6.07, 6.45) is 0. The fourth-order valence-electron chi connectivity index (χ4n) is 3.79. The molecule has 2 aliphatic rings. The molecule has 0 fully saturated rings. The highest BCUT2D eigenvalue weighted by atomic mass is 16.3. The predicted molar refractivity (Wildman–Crippen MR) is 117 cm³/mol. The normalized spacial score (nSPS) is 16.2. The number of phenols is 2. The lowest BCUT2D eigenvalue weighted by Crippen LogP contribution is -2.20. The fourth-order valence-corrected chi connectivity index (χ4v) is 3.79. The number of carbonyl (C=O) groups excluding carboxylic acids is 4. The molecule has 3 aromatic rings. The summed E-state index contributed by atoms with van der Waals surface area (Å²) in [5, 5.41) is 34.8. The molecule has 0 heterocycles. The maximum absolute atomic E-state index is 12.8. The Kier molecular flexibility index (Phi) is 4.90. The molecule has 3 aromatic carbocycles. The molecule has 0 aromatic heterocycles. The number of hydrogen-bond donors (Lipinski definition) is 2. The van der Waals surface area contributed by atoms with Crippen molar-refractivity contribution >= 4 is 34.5 Å². The van der Waals surface area contributed by atoms with Gasteiger partial charge >= 0.3 is 0 Å². The number of carbonyl (C=O) groups is 4. The Balaban J connectivity index is 1.45. The van der Waals surface area contributed by atoms with Crippen molar-refractivity contribution < 1.29 is 29.4 Å². The average Bonchev–Trinajstić information content (AvgIpc) is 3.21. The second-order valence-corrected chi connectivity index (χ2v) is 7.61. The average molecular weight is 454 g/mol. The van der Waals surface area contributed by atoms with Crippen LogP contribution in [-0.2, 0) is 0 Å². The van der Waals surface area contributed by atoms with Gasteiger partial charge in [-0.15, -0.1) is 0 Å². The maximum atomic E-state index is 12.8. The second kappa shape index (κ2) is 7.93. The number of azo groups is 2. The summed E-state index contributed by atoms with van der Waals surface area (Å²) in [7, 11) is 0. The van der Waals surface area contributed by atoms with Gasteiger partial charge in [0.25, 0.3) is 0 Å². The predicted octanol–water partition coefficient (Wildman–Crippen LogP) is 4.16. The molecular weight excluding hydrogens is 440 g/mol. The van der Waals surface area contributed by atoms with Crippen LogP contribution in [0.3, 0.4) is 0 Å². The lowest BCUT2D eigenvalue weighted by Gasteiger charge is -2.00. The van der Waals surface area contributed by atoms with Crippen LogP contribution in [-0.4, -0.2) is 45.4 Å². The van der Waals surface area contributed by atoms with Crippen LogP contribution in [0, 0.1) is 0 Å². The molecule has 0 amide bonds. The second-order valence-electron chi connectivity index (χ2n) is 7.61. The number of phenolic OH excluding ortho intramolecular Hbond substituents is 2. The number of ketones is 4. The Morgan fingerprint density at radius 2 is 0.853 bits per heavy atom. The molecule has 0 saturated heterocycles. The zero-order valence-corrected chi connectivity index (χ0v) is 17.2. The van der Waals surface area contributed by atoms with E-state index in [-0.39, 0.29) is 45.1 Å². The monoisotopic (exact) mass is 454 g/mol. The Hall–Kier alpha value is -4.86. The van der Waals surface area contributed by atoms with E-state index in [4.69, 9.17) is 0 Å². The van der Waals surface area contributed by atoms with Gasteiger partial charge < -0.3 is 10.2 Å². The minimum atomic E-state index is -1.47. The van der Waals surface area contributed by atoms with E-state index in [1.807, 2.05) is 0 Å². The number of aromatic hydroxyl groups is 2. The molecule has 34 heavy (non-hydrogen) atoms. The van der Waals surface area contributed by atoms with Crippen molar-refractivity contribution in [3.8, 4) is 11.5 Å². The van der Waals surface area contributed by atoms with Crippen LogP contribution in [0.4, 0.5) is 11.4 Å². The van der Waals surface area contributed by atoms with E-state index >= 15 is 0 Å².